The van der Waals surface area contributed by atoms with Gasteiger partial charge in [0.15, 0.2) is 0 Å². The number of aliphatic hydroxyl groups excluding tert-OH is 1. The Bertz CT molecular complexity index is 234. The molecular weight excluding hydrogens is 224 g/mol. The Morgan fingerprint density at radius 3 is 2.53 bits per heavy atom. The number of esters is 1. The minimum absolute atomic E-state index is 0.0868. The van der Waals surface area contributed by atoms with Gasteiger partial charge in [0.1, 0.15) is 6.54 Å². The summed E-state index contributed by atoms with van der Waals surface area (Å²) in [6.45, 7) is 4.65. The zero-order chi connectivity index (χ0) is 13.1. The summed E-state index contributed by atoms with van der Waals surface area (Å²) in [6.07, 6.45) is 1.83. The molecule has 0 aromatic rings. The van der Waals surface area contributed by atoms with Crippen LogP contribution in [-0.2, 0) is 9.53 Å². The van der Waals surface area contributed by atoms with Crippen molar-refractivity contribution in [3.05, 3.63) is 0 Å². The number of hydrogen-bond acceptors (Lipinski definition) is 4. The van der Waals surface area contributed by atoms with Gasteiger partial charge < -0.3 is 20.1 Å². The molecule has 0 bridgehead atoms. The highest BCUT2D eigenvalue weighted by molar-refractivity contribution is 5.80. The fourth-order valence-electron chi connectivity index (χ4n) is 1.26. The summed E-state index contributed by atoms with van der Waals surface area (Å²) in [5, 5.41) is 11.3. The van der Waals surface area contributed by atoms with Gasteiger partial charge in [0.05, 0.1) is 13.2 Å². The molecule has 0 saturated heterocycles. The maximum Gasteiger partial charge on any atom is 0.325 e. The molecular formula is C11H22N2O4. The van der Waals surface area contributed by atoms with Crippen molar-refractivity contribution in [3.63, 3.8) is 0 Å². The van der Waals surface area contributed by atoms with Gasteiger partial charge in [0, 0.05) is 13.1 Å². The number of urea groups is 1. The summed E-state index contributed by atoms with van der Waals surface area (Å²) in [6, 6.07) is -0.347. The summed E-state index contributed by atoms with van der Waals surface area (Å²) < 4.78 is 4.69. The van der Waals surface area contributed by atoms with Crippen molar-refractivity contribution in [1.29, 1.82) is 0 Å². The van der Waals surface area contributed by atoms with E-state index in [4.69, 9.17) is 9.84 Å². The Kier molecular flexibility index (Phi) is 9.14. The molecule has 0 heterocycles. The van der Waals surface area contributed by atoms with E-state index in [9.17, 15) is 9.59 Å². The molecule has 0 rings (SSSR count). The molecule has 2 N–H and O–H groups in total. The first kappa shape index (κ1) is 15.7. The van der Waals surface area contributed by atoms with Gasteiger partial charge in [-0.05, 0) is 13.3 Å². The molecule has 0 aromatic heterocycles. The van der Waals surface area contributed by atoms with E-state index in [1.807, 2.05) is 6.92 Å². The topological polar surface area (TPSA) is 78.9 Å². The number of rotatable bonds is 8. The van der Waals surface area contributed by atoms with Gasteiger partial charge in [-0.1, -0.05) is 13.3 Å². The van der Waals surface area contributed by atoms with Crippen LogP contribution in [0.3, 0.4) is 0 Å². The second-order valence-corrected chi connectivity index (χ2v) is 3.53. The molecule has 0 unspecified atom stereocenters. The van der Waals surface area contributed by atoms with Crippen molar-refractivity contribution < 1.29 is 19.4 Å². The van der Waals surface area contributed by atoms with Crippen LogP contribution < -0.4 is 5.32 Å². The minimum atomic E-state index is -0.458. The second-order valence-electron chi connectivity index (χ2n) is 3.53. The zero-order valence-electron chi connectivity index (χ0n) is 10.6. The number of hydrogen-bond donors (Lipinski definition) is 2. The van der Waals surface area contributed by atoms with Gasteiger partial charge >= 0.3 is 12.0 Å². The molecule has 0 fully saturated rings. The van der Waals surface area contributed by atoms with E-state index in [1.54, 1.807) is 6.92 Å². The van der Waals surface area contributed by atoms with Crippen LogP contribution >= 0.6 is 0 Å². The highest BCUT2D eigenvalue weighted by atomic mass is 16.5. The van der Waals surface area contributed by atoms with Crippen molar-refractivity contribution >= 4 is 12.0 Å². The molecule has 0 saturated carbocycles. The molecule has 0 aliphatic rings. The SMILES string of the molecule is CCCCN(CCO)C(=O)NCC(=O)OCC. The van der Waals surface area contributed by atoms with E-state index in [0.717, 1.165) is 12.8 Å². The second kappa shape index (κ2) is 9.89. The summed E-state index contributed by atoms with van der Waals surface area (Å²) >= 11 is 0. The van der Waals surface area contributed by atoms with Gasteiger partial charge in [-0.3, -0.25) is 4.79 Å². The van der Waals surface area contributed by atoms with Gasteiger partial charge in [-0.25, -0.2) is 4.79 Å². The van der Waals surface area contributed by atoms with Crippen LogP contribution in [0.5, 0.6) is 0 Å². The first-order valence-electron chi connectivity index (χ1n) is 5.94. The lowest BCUT2D eigenvalue weighted by molar-refractivity contribution is -0.141. The van der Waals surface area contributed by atoms with Crippen LogP contribution in [0.25, 0.3) is 0 Å². The largest absolute Gasteiger partial charge is 0.465 e. The maximum absolute atomic E-state index is 11.6. The molecule has 0 aliphatic carbocycles. The highest BCUT2D eigenvalue weighted by Crippen LogP contribution is 1.95. The molecule has 6 heteroatoms. The van der Waals surface area contributed by atoms with E-state index in [2.05, 4.69) is 5.32 Å². The Morgan fingerprint density at radius 1 is 1.29 bits per heavy atom. The molecule has 100 valence electrons. The number of carbonyl (C=O) groups excluding carboxylic acids is 2. The van der Waals surface area contributed by atoms with Gasteiger partial charge in [-0.15, -0.1) is 0 Å². The third kappa shape index (κ3) is 7.57. The average molecular weight is 246 g/mol. The summed E-state index contributed by atoms with van der Waals surface area (Å²) in [4.78, 5) is 24.2. The number of unbranched alkanes of at least 4 members (excludes halogenated alkanes) is 1. The van der Waals surface area contributed by atoms with E-state index in [-0.39, 0.29) is 25.7 Å². The van der Waals surface area contributed by atoms with Crippen molar-refractivity contribution in [3.8, 4) is 0 Å². The number of carbonyl (C=O) groups is 2. The Morgan fingerprint density at radius 2 is 2.00 bits per heavy atom. The summed E-state index contributed by atoms with van der Waals surface area (Å²) in [5.41, 5.74) is 0. The molecule has 0 aliphatic heterocycles. The van der Waals surface area contributed by atoms with Gasteiger partial charge in [0.2, 0.25) is 0 Å². The number of nitrogens with one attached hydrogen (secondary N) is 1. The molecule has 0 spiro atoms. The minimum Gasteiger partial charge on any atom is -0.465 e. The third-order valence-corrected chi connectivity index (χ3v) is 2.13. The van der Waals surface area contributed by atoms with Crippen molar-refractivity contribution in [2.45, 2.75) is 26.7 Å². The average Bonchev–Trinajstić information content (AvgIpc) is 2.32. The first-order chi connectivity index (χ1) is 8.15. The normalized spacial score (nSPS) is 9.82. The predicted molar refractivity (Wildman–Crippen MR) is 63.6 cm³/mol. The smallest absolute Gasteiger partial charge is 0.325 e. The Labute approximate surface area is 102 Å². The number of aliphatic hydroxyl groups is 1. The monoisotopic (exact) mass is 246 g/mol. The van der Waals surface area contributed by atoms with Crippen molar-refractivity contribution in [2.24, 2.45) is 0 Å². The first-order valence-corrected chi connectivity index (χ1v) is 5.94. The molecule has 0 radical (unpaired) electrons. The molecule has 0 aromatic carbocycles. The highest BCUT2D eigenvalue weighted by Gasteiger charge is 2.13. The third-order valence-electron chi connectivity index (χ3n) is 2.13. The van der Waals surface area contributed by atoms with Crippen molar-refractivity contribution in [1.82, 2.24) is 10.2 Å². The van der Waals surface area contributed by atoms with E-state index < -0.39 is 5.97 Å². The zero-order valence-corrected chi connectivity index (χ0v) is 10.6. The number of ether oxygens (including phenoxy) is 1. The molecule has 2 amide bonds. The quantitative estimate of drug-likeness (QED) is 0.606. The Balaban J connectivity index is 3.99. The van der Waals surface area contributed by atoms with Crippen molar-refractivity contribution in [2.75, 3.05) is 32.8 Å². The standard InChI is InChI=1S/C11H22N2O4/c1-3-5-6-13(7-8-14)11(16)12-9-10(15)17-4-2/h14H,3-9H2,1-2H3,(H,12,16). The van der Waals surface area contributed by atoms with E-state index in [1.165, 1.54) is 4.90 Å². The molecule has 17 heavy (non-hydrogen) atoms. The van der Waals surface area contributed by atoms with E-state index in [0.29, 0.717) is 13.2 Å². The lowest BCUT2D eigenvalue weighted by atomic mass is 10.3. The van der Waals surface area contributed by atoms with Gasteiger partial charge in [-0.2, -0.15) is 0 Å². The number of amides is 2. The predicted octanol–water partition coefficient (Wildman–Crippen LogP) is 0.353. The van der Waals surface area contributed by atoms with Crippen LogP contribution in [-0.4, -0.2) is 54.9 Å². The summed E-state index contributed by atoms with van der Waals surface area (Å²) in [7, 11) is 0. The fraction of sp³-hybridized carbons (Fsp3) is 0.818. The van der Waals surface area contributed by atoms with Crippen LogP contribution in [0, 0.1) is 0 Å². The fourth-order valence-corrected chi connectivity index (χ4v) is 1.26. The lowest BCUT2D eigenvalue weighted by Gasteiger charge is -2.21. The van der Waals surface area contributed by atoms with Crippen LogP contribution in [0.4, 0.5) is 4.79 Å². The van der Waals surface area contributed by atoms with Gasteiger partial charge in [0.25, 0.3) is 0 Å². The van der Waals surface area contributed by atoms with Crippen LogP contribution in [0.1, 0.15) is 26.7 Å². The number of nitrogens with zero attached hydrogens (tertiary/aromatic N) is 1. The summed E-state index contributed by atoms with van der Waals surface area (Å²) in [5.74, 6) is -0.458. The van der Waals surface area contributed by atoms with E-state index >= 15 is 0 Å². The molecule has 0 atom stereocenters. The van der Waals surface area contributed by atoms with Crippen LogP contribution in [0.15, 0.2) is 0 Å². The maximum atomic E-state index is 11.6. The van der Waals surface area contributed by atoms with Crippen LogP contribution in [0.2, 0.25) is 0 Å². The lowest BCUT2D eigenvalue weighted by Crippen LogP contribution is -2.44. The Hall–Kier alpha value is -1.30. The molecule has 6 nitrogen and oxygen atoms in total.